The Balaban J connectivity index is 1.98. The van der Waals surface area contributed by atoms with Gasteiger partial charge in [0.25, 0.3) is 0 Å². The van der Waals surface area contributed by atoms with Crippen LogP contribution in [0.2, 0.25) is 0 Å². The standard InChI is InChI=1S/C29H44N4O7S/c1-29(2,14-6-7-15-30)20-32(41(37,38)25-12-10-23(31)11-13-25)17-27(34)26(16-22-8-4-3-5-9-22)33(28(35)36)24-18-39-21-40-19-24/h3-5,8-13,24,26-27,34H,6-7,14-21,30-31H2,1-2H3,(H,35,36)/t26-,27+/m0/s1. The maximum absolute atomic E-state index is 14.0. The first kappa shape index (κ1) is 32.8. The number of amides is 1. The summed E-state index contributed by atoms with van der Waals surface area (Å²) in [6.07, 6.45) is -0.0854. The van der Waals surface area contributed by atoms with Crippen LogP contribution in [-0.2, 0) is 25.9 Å². The summed E-state index contributed by atoms with van der Waals surface area (Å²) < 4.78 is 39.9. The van der Waals surface area contributed by atoms with Crippen molar-refractivity contribution in [3.63, 3.8) is 0 Å². The highest BCUT2D eigenvalue weighted by molar-refractivity contribution is 7.89. The number of hydrogen-bond donors (Lipinski definition) is 4. The van der Waals surface area contributed by atoms with E-state index in [0.717, 1.165) is 29.7 Å². The third-order valence-electron chi connectivity index (χ3n) is 7.31. The summed E-state index contributed by atoms with van der Waals surface area (Å²) in [7, 11) is -4.08. The van der Waals surface area contributed by atoms with Crippen LogP contribution in [0.25, 0.3) is 0 Å². The van der Waals surface area contributed by atoms with Crippen LogP contribution in [0, 0.1) is 5.41 Å². The van der Waals surface area contributed by atoms with Crippen molar-refractivity contribution in [2.24, 2.45) is 11.1 Å². The van der Waals surface area contributed by atoms with Crippen LogP contribution in [0.1, 0.15) is 38.7 Å². The minimum atomic E-state index is -4.08. The summed E-state index contributed by atoms with van der Waals surface area (Å²) in [5.74, 6) is 0. The van der Waals surface area contributed by atoms with Gasteiger partial charge in [-0.3, -0.25) is 4.90 Å². The molecule has 1 heterocycles. The molecule has 1 amide bonds. The molecule has 1 aliphatic heterocycles. The maximum atomic E-state index is 14.0. The Morgan fingerprint density at radius 3 is 2.29 bits per heavy atom. The normalized spacial score (nSPS) is 16.4. The number of sulfonamides is 1. The number of ether oxygens (including phenoxy) is 2. The number of aliphatic hydroxyl groups is 1. The fourth-order valence-electron chi connectivity index (χ4n) is 5.15. The molecule has 2 aromatic rings. The van der Waals surface area contributed by atoms with Gasteiger partial charge < -0.3 is 31.2 Å². The molecule has 0 saturated carbocycles. The van der Waals surface area contributed by atoms with E-state index in [4.69, 9.17) is 20.9 Å². The van der Waals surface area contributed by atoms with Gasteiger partial charge >= 0.3 is 6.09 Å². The van der Waals surface area contributed by atoms with E-state index in [1.54, 1.807) is 0 Å². The lowest BCUT2D eigenvalue weighted by atomic mass is 9.87. The molecule has 0 aliphatic carbocycles. The van der Waals surface area contributed by atoms with E-state index >= 15 is 0 Å². The molecule has 0 bridgehead atoms. The van der Waals surface area contributed by atoms with E-state index in [9.17, 15) is 23.4 Å². The second-order valence-corrected chi connectivity index (χ2v) is 13.2. The second-order valence-electron chi connectivity index (χ2n) is 11.3. The summed E-state index contributed by atoms with van der Waals surface area (Å²) in [6.45, 7) is 4.56. The predicted molar refractivity (Wildman–Crippen MR) is 157 cm³/mol. The first-order valence-corrected chi connectivity index (χ1v) is 15.3. The van der Waals surface area contributed by atoms with Crippen molar-refractivity contribution in [1.82, 2.24) is 9.21 Å². The fourth-order valence-corrected chi connectivity index (χ4v) is 6.80. The Hall–Kier alpha value is -2.74. The van der Waals surface area contributed by atoms with Crippen molar-refractivity contribution in [1.29, 1.82) is 0 Å². The van der Waals surface area contributed by atoms with Crippen LogP contribution in [0.3, 0.4) is 0 Å². The molecule has 0 aromatic heterocycles. The lowest BCUT2D eigenvalue weighted by molar-refractivity contribution is -0.140. The van der Waals surface area contributed by atoms with Crippen molar-refractivity contribution < 1.29 is 32.9 Å². The quantitative estimate of drug-likeness (QED) is 0.179. The molecule has 3 rings (SSSR count). The van der Waals surface area contributed by atoms with Gasteiger partial charge in [0, 0.05) is 18.8 Å². The van der Waals surface area contributed by atoms with Gasteiger partial charge in [0.05, 0.1) is 36.3 Å². The molecule has 12 heteroatoms. The Morgan fingerprint density at radius 1 is 1.07 bits per heavy atom. The zero-order valence-electron chi connectivity index (χ0n) is 23.9. The number of anilines is 1. The number of rotatable bonds is 15. The number of carboxylic acid groups (broad SMARTS) is 1. The van der Waals surface area contributed by atoms with Gasteiger partial charge in [-0.05, 0) is 61.1 Å². The third kappa shape index (κ3) is 9.38. The minimum absolute atomic E-state index is 0.0421. The van der Waals surface area contributed by atoms with E-state index < -0.39 is 39.7 Å². The molecular formula is C29H44N4O7S. The zero-order chi connectivity index (χ0) is 30.0. The van der Waals surface area contributed by atoms with Gasteiger partial charge in [0.1, 0.15) is 6.79 Å². The summed E-state index contributed by atoms with van der Waals surface area (Å²) in [5.41, 5.74) is 12.3. The first-order chi connectivity index (χ1) is 19.4. The molecule has 2 aromatic carbocycles. The summed E-state index contributed by atoms with van der Waals surface area (Å²) in [6, 6.07) is 13.5. The van der Waals surface area contributed by atoms with Crippen molar-refractivity contribution in [2.45, 2.75) is 62.6 Å². The Labute approximate surface area is 243 Å². The molecule has 1 aliphatic rings. The SMILES string of the molecule is CC(C)(CCCCN)CN(C[C@@H](O)[C@H](Cc1ccccc1)N(C(=O)O)C1COCOC1)S(=O)(=O)c1ccc(N)cc1. The van der Waals surface area contributed by atoms with E-state index in [0.29, 0.717) is 12.2 Å². The van der Waals surface area contributed by atoms with Gasteiger partial charge in [-0.15, -0.1) is 0 Å². The van der Waals surface area contributed by atoms with E-state index in [-0.39, 0.29) is 44.4 Å². The van der Waals surface area contributed by atoms with Crippen molar-refractivity contribution in [2.75, 3.05) is 45.4 Å². The number of nitrogens with zero attached hydrogens (tertiary/aromatic N) is 2. The Bertz CT molecular complexity index is 1190. The van der Waals surface area contributed by atoms with Crippen LogP contribution in [0.5, 0.6) is 0 Å². The molecule has 1 fully saturated rings. The minimum Gasteiger partial charge on any atom is -0.465 e. The molecule has 6 N–H and O–H groups in total. The van der Waals surface area contributed by atoms with Gasteiger partial charge in [0.2, 0.25) is 10.0 Å². The molecule has 228 valence electrons. The highest BCUT2D eigenvalue weighted by atomic mass is 32.2. The molecule has 2 atom stereocenters. The van der Waals surface area contributed by atoms with Crippen molar-refractivity contribution in [3.05, 3.63) is 60.2 Å². The van der Waals surface area contributed by atoms with Gasteiger partial charge in [-0.2, -0.15) is 4.31 Å². The number of aliphatic hydroxyl groups excluding tert-OH is 1. The highest BCUT2D eigenvalue weighted by Gasteiger charge is 2.40. The van der Waals surface area contributed by atoms with Crippen LogP contribution in [-0.4, -0.2) is 91.8 Å². The largest absolute Gasteiger partial charge is 0.465 e. The van der Waals surface area contributed by atoms with E-state index in [2.05, 4.69) is 0 Å². The van der Waals surface area contributed by atoms with E-state index in [1.807, 2.05) is 44.2 Å². The average molecular weight is 593 g/mol. The lowest BCUT2D eigenvalue weighted by Crippen LogP contribution is -2.59. The number of benzene rings is 2. The number of unbranched alkanes of at least 4 members (excludes halogenated alkanes) is 1. The van der Waals surface area contributed by atoms with Gasteiger partial charge in [0.15, 0.2) is 0 Å². The molecule has 0 radical (unpaired) electrons. The first-order valence-electron chi connectivity index (χ1n) is 13.9. The predicted octanol–water partition coefficient (Wildman–Crippen LogP) is 2.74. The van der Waals surface area contributed by atoms with Crippen LogP contribution in [0.15, 0.2) is 59.5 Å². The highest BCUT2D eigenvalue weighted by Crippen LogP contribution is 2.29. The average Bonchev–Trinajstić information content (AvgIpc) is 2.93. The van der Waals surface area contributed by atoms with Gasteiger partial charge in [-0.25, -0.2) is 13.2 Å². The monoisotopic (exact) mass is 592 g/mol. The fraction of sp³-hybridized carbons (Fsp3) is 0.552. The third-order valence-corrected chi connectivity index (χ3v) is 9.14. The number of nitrogen functional groups attached to an aromatic ring is 1. The second kappa shape index (κ2) is 14.9. The van der Waals surface area contributed by atoms with E-state index in [1.165, 1.54) is 28.6 Å². The maximum Gasteiger partial charge on any atom is 0.408 e. The van der Waals surface area contributed by atoms with Crippen molar-refractivity contribution >= 4 is 21.8 Å². The molecule has 41 heavy (non-hydrogen) atoms. The lowest BCUT2D eigenvalue weighted by Gasteiger charge is -2.41. The number of carbonyl (C=O) groups is 1. The number of hydrogen-bond acceptors (Lipinski definition) is 8. The summed E-state index contributed by atoms with van der Waals surface area (Å²) in [4.78, 5) is 13.8. The molecule has 1 saturated heterocycles. The van der Waals surface area contributed by atoms with Crippen LogP contribution >= 0.6 is 0 Å². The molecule has 0 spiro atoms. The summed E-state index contributed by atoms with van der Waals surface area (Å²) >= 11 is 0. The zero-order valence-corrected chi connectivity index (χ0v) is 24.7. The molecule has 0 unspecified atom stereocenters. The smallest absolute Gasteiger partial charge is 0.408 e. The molecular weight excluding hydrogens is 548 g/mol. The van der Waals surface area contributed by atoms with Gasteiger partial charge in [-0.1, -0.05) is 50.6 Å². The molecule has 11 nitrogen and oxygen atoms in total. The van der Waals surface area contributed by atoms with Crippen LogP contribution in [0.4, 0.5) is 10.5 Å². The summed E-state index contributed by atoms with van der Waals surface area (Å²) in [5, 5.41) is 22.0. The number of nitrogens with two attached hydrogens (primary N) is 2. The Kier molecular flexibility index (Phi) is 11.9. The topological polar surface area (TPSA) is 169 Å². The van der Waals surface area contributed by atoms with Crippen molar-refractivity contribution in [3.8, 4) is 0 Å². The Morgan fingerprint density at radius 2 is 1.71 bits per heavy atom. The van der Waals surface area contributed by atoms with Crippen LogP contribution < -0.4 is 11.5 Å².